The first kappa shape index (κ1) is 12.0. The molecule has 1 heterocycles. The van der Waals surface area contributed by atoms with Gasteiger partial charge in [0.05, 0.1) is 10.0 Å². The van der Waals surface area contributed by atoms with E-state index in [9.17, 15) is 9.18 Å². The highest BCUT2D eigenvalue weighted by Crippen LogP contribution is 2.25. The Balaban J connectivity index is 2.54. The minimum absolute atomic E-state index is 0.370. The zero-order valence-corrected chi connectivity index (χ0v) is 10.7. The molecule has 2 aromatic rings. The van der Waals surface area contributed by atoms with Crippen molar-refractivity contribution in [1.29, 1.82) is 0 Å². The molecule has 3 nitrogen and oxygen atoms in total. The van der Waals surface area contributed by atoms with Crippen molar-refractivity contribution in [3.8, 4) is 11.3 Å². The van der Waals surface area contributed by atoms with E-state index in [0.717, 1.165) is 6.29 Å². The third-order valence-corrected chi connectivity index (χ3v) is 3.08. The van der Waals surface area contributed by atoms with Gasteiger partial charge in [0, 0.05) is 18.3 Å². The predicted molar refractivity (Wildman–Crippen MR) is 66.4 cm³/mol. The summed E-state index contributed by atoms with van der Waals surface area (Å²) in [4.78, 5) is 10.9. The summed E-state index contributed by atoms with van der Waals surface area (Å²) in [6.07, 6.45) is 2.39. The molecule has 0 bridgehead atoms. The number of hydrogen-bond acceptors (Lipinski definition) is 2. The molecule has 0 aliphatic carbocycles. The van der Waals surface area contributed by atoms with Crippen LogP contribution in [0, 0.1) is 5.82 Å². The summed E-state index contributed by atoms with van der Waals surface area (Å²) in [5, 5.41) is 4.24. The van der Waals surface area contributed by atoms with Gasteiger partial charge in [0.25, 0.3) is 0 Å². The minimum atomic E-state index is -0.370. The summed E-state index contributed by atoms with van der Waals surface area (Å²) in [6.45, 7) is 2.59. The summed E-state index contributed by atoms with van der Waals surface area (Å²) in [6, 6.07) is 4.69. The van der Waals surface area contributed by atoms with E-state index in [-0.39, 0.29) is 5.82 Å². The maximum Gasteiger partial charge on any atom is 0.153 e. The van der Waals surface area contributed by atoms with Gasteiger partial charge < -0.3 is 0 Å². The van der Waals surface area contributed by atoms with Crippen LogP contribution in [0.1, 0.15) is 17.3 Å². The molecule has 0 spiro atoms. The highest BCUT2D eigenvalue weighted by Gasteiger charge is 2.11. The Hall–Kier alpha value is -1.49. The van der Waals surface area contributed by atoms with Gasteiger partial charge in [0.1, 0.15) is 11.5 Å². The molecule has 0 unspecified atom stereocenters. The quantitative estimate of drug-likeness (QED) is 0.815. The van der Waals surface area contributed by atoms with Crippen molar-refractivity contribution in [2.24, 2.45) is 0 Å². The Morgan fingerprint density at radius 3 is 2.88 bits per heavy atom. The van der Waals surface area contributed by atoms with Crippen molar-refractivity contribution in [1.82, 2.24) is 9.78 Å². The smallest absolute Gasteiger partial charge is 0.153 e. The minimum Gasteiger partial charge on any atom is -0.298 e. The van der Waals surface area contributed by atoms with E-state index in [0.29, 0.717) is 27.8 Å². The van der Waals surface area contributed by atoms with Crippen LogP contribution in [0.2, 0.25) is 0 Å². The molecular weight excluding hydrogens is 287 g/mol. The first-order valence-corrected chi connectivity index (χ1v) is 5.93. The highest BCUT2D eigenvalue weighted by molar-refractivity contribution is 9.10. The number of aromatic nitrogens is 2. The molecule has 1 aromatic carbocycles. The van der Waals surface area contributed by atoms with Crippen LogP contribution in [-0.2, 0) is 6.54 Å². The summed E-state index contributed by atoms with van der Waals surface area (Å²) < 4.78 is 15.5. The van der Waals surface area contributed by atoms with E-state index in [1.165, 1.54) is 6.07 Å². The van der Waals surface area contributed by atoms with E-state index < -0.39 is 0 Å². The molecule has 0 saturated heterocycles. The van der Waals surface area contributed by atoms with E-state index in [2.05, 4.69) is 21.0 Å². The van der Waals surface area contributed by atoms with Crippen molar-refractivity contribution >= 4 is 22.2 Å². The number of carbonyl (C=O) groups is 1. The van der Waals surface area contributed by atoms with Crippen LogP contribution in [0.25, 0.3) is 11.3 Å². The molecular formula is C12H10BrFN2O. The van der Waals surface area contributed by atoms with Gasteiger partial charge in [-0.3, -0.25) is 9.48 Å². The summed E-state index contributed by atoms with van der Waals surface area (Å²) in [5.41, 5.74) is 1.57. The average Bonchev–Trinajstić information content (AvgIpc) is 2.76. The van der Waals surface area contributed by atoms with Crippen LogP contribution in [0.5, 0.6) is 0 Å². The first-order valence-electron chi connectivity index (χ1n) is 5.13. The molecule has 0 amide bonds. The normalized spacial score (nSPS) is 10.5. The van der Waals surface area contributed by atoms with Crippen molar-refractivity contribution in [3.63, 3.8) is 0 Å². The molecule has 0 fully saturated rings. The van der Waals surface area contributed by atoms with Gasteiger partial charge in [-0.15, -0.1) is 0 Å². The second-order valence-electron chi connectivity index (χ2n) is 3.54. The standard InChI is InChI=1S/C12H10BrFN2O/c1-2-16-6-9(7-17)12(15-16)8-3-4-10(13)11(14)5-8/h3-7H,2H2,1H3. The Morgan fingerprint density at radius 1 is 1.53 bits per heavy atom. The number of rotatable bonds is 3. The third kappa shape index (κ3) is 2.29. The molecule has 88 valence electrons. The average molecular weight is 297 g/mol. The lowest BCUT2D eigenvalue weighted by Crippen LogP contribution is -1.94. The molecule has 2 rings (SSSR count). The monoisotopic (exact) mass is 296 g/mol. The Kier molecular flexibility index (Phi) is 3.38. The number of nitrogens with zero attached hydrogens (tertiary/aromatic N) is 2. The fourth-order valence-electron chi connectivity index (χ4n) is 1.55. The summed E-state index contributed by atoms with van der Waals surface area (Å²) in [7, 11) is 0. The number of halogens is 2. The lowest BCUT2D eigenvalue weighted by Gasteiger charge is -2.00. The number of hydrogen-bond donors (Lipinski definition) is 0. The van der Waals surface area contributed by atoms with Crippen LogP contribution in [0.4, 0.5) is 4.39 Å². The van der Waals surface area contributed by atoms with Gasteiger partial charge in [-0.2, -0.15) is 5.10 Å². The number of benzene rings is 1. The Bertz CT molecular complexity index is 566. The topological polar surface area (TPSA) is 34.9 Å². The van der Waals surface area contributed by atoms with Crippen LogP contribution in [0.15, 0.2) is 28.9 Å². The molecule has 0 aliphatic rings. The van der Waals surface area contributed by atoms with Crippen LogP contribution in [0.3, 0.4) is 0 Å². The van der Waals surface area contributed by atoms with E-state index in [1.54, 1.807) is 23.0 Å². The predicted octanol–water partition coefficient (Wildman–Crippen LogP) is 3.28. The second-order valence-corrected chi connectivity index (χ2v) is 4.39. The molecule has 5 heteroatoms. The van der Waals surface area contributed by atoms with E-state index in [1.807, 2.05) is 6.92 Å². The van der Waals surface area contributed by atoms with Crippen LogP contribution < -0.4 is 0 Å². The SMILES string of the molecule is CCn1cc(C=O)c(-c2ccc(Br)c(F)c2)n1. The number of carbonyl (C=O) groups excluding carboxylic acids is 1. The number of aldehydes is 1. The fraction of sp³-hybridized carbons (Fsp3) is 0.167. The van der Waals surface area contributed by atoms with Gasteiger partial charge in [-0.05, 0) is 35.0 Å². The van der Waals surface area contributed by atoms with E-state index >= 15 is 0 Å². The van der Waals surface area contributed by atoms with Gasteiger partial charge >= 0.3 is 0 Å². The van der Waals surface area contributed by atoms with Gasteiger partial charge in [-0.1, -0.05) is 6.07 Å². The van der Waals surface area contributed by atoms with Crippen molar-refractivity contribution in [3.05, 3.63) is 40.2 Å². The summed E-state index contributed by atoms with van der Waals surface area (Å²) >= 11 is 3.09. The summed E-state index contributed by atoms with van der Waals surface area (Å²) in [5.74, 6) is -0.370. The van der Waals surface area contributed by atoms with Crippen molar-refractivity contribution < 1.29 is 9.18 Å². The maximum absolute atomic E-state index is 13.4. The van der Waals surface area contributed by atoms with E-state index in [4.69, 9.17) is 0 Å². The van der Waals surface area contributed by atoms with Crippen molar-refractivity contribution in [2.75, 3.05) is 0 Å². The van der Waals surface area contributed by atoms with Crippen LogP contribution >= 0.6 is 15.9 Å². The lowest BCUT2D eigenvalue weighted by atomic mass is 10.1. The highest BCUT2D eigenvalue weighted by atomic mass is 79.9. The maximum atomic E-state index is 13.4. The Labute approximate surface area is 106 Å². The molecule has 0 radical (unpaired) electrons. The molecule has 0 N–H and O–H groups in total. The van der Waals surface area contributed by atoms with Gasteiger partial charge in [0.2, 0.25) is 0 Å². The van der Waals surface area contributed by atoms with Gasteiger partial charge in [-0.25, -0.2) is 4.39 Å². The molecule has 0 atom stereocenters. The number of aryl methyl sites for hydroxylation is 1. The first-order chi connectivity index (χ1) is 8.15. The largest absolute Gasteiger partial charge is 0.298 e. The molecule has 0 saturated carbocycles. The molecule has 1 aromatic heterocycles. The fourth-order valence-corrected chi connectivity index (χ4v) is 1.80. The molecule has 0 aliphatic heterocycles. The van der Waals surface area contributed by atoms with Gasteiger partial charge in [0.15, 0.2) is 6.29 Å². The van der Waals surface area contributed by atoms with Crippen LogP contribution in [-0.4, -0.2) is 16.1 Å². The molecule has 17 heavy (non-hydrogen) atoms. The third-order valence-electron chi connectivity index (χ3n) is 2.43. The van der Waals surface area contributed by atoms with Crippen molar-refractivity contribution in [2.45, 2.75) is 13.5 Å². The lowest BCUT2D eigenvalue weighted by molar-refractivity contribution is 0.112. The zero-order chi connectivity index (χ0) is 12.4. The zero-order valence-electron chi connectivity index (χ0n) is 9.15. The Morgan fingerprint density at radius 2 is 2.29 bits per heavy atom. The second kappa shape index (κ2) is 4.79.